The largest absolute Gasteiger partial charge is 1.00 e. The van der Waals surface area contributed by atoms with E-state index in [1.165, 1.54) is 0 Å². The van der Waals surface area contributed by atoms with Crippen molar-refractivity contribution in [3.05, 3.63) is 18.7 Å². The van der Waals surface area contributed by atoms with Gasteiger partial charge in [-0.2, -0.15) is 0 Å². The van der Waals surface area contributed by atoms with Crippen molar-refractivity contribution < 1.29 is 22.4 Å². The predicted molar refractivity (Wildman–Crippen MR) is 26.6 cm³/mol. The smallest absolute Gasteiger partial charge is 0.283 e. The Morgan fingerprint density at radius 2 is 2.29 bits per heavy atom. The van der Waals surface area contributed by atoms with Gasteiger partial charge in [0.05, 0.1) is 0 Å². The topological polar surface area (TPSA) is 17.8 Å². The molecule has 0 bridgehead atoms. The van der Waals surface area contributed by atoms with Crippen LogP contribution in [0.5, 0.6) is 0 Å². The Bertz CT molecular complexity index is 116. The molecule has 1 rings (SSSR count). The van der Waals surface area contributed by atoms with Crippen LogP contribution in [0.4, 0.5) is 0 Å². The van der Waals surface area contributed by atoms with E-state index in [1.807, 2.05) is 0 Å². The molecule has 0 unspecified atom stereocenters. The maximum Gasteiger partial charge on any atom is 1.00 e. The molecule has 0 aromatic carbocycles. The number of imidazole rings is 1. The van der Waals surface area contributed by atoms with Crippen molar-refractivity contribution in [2.45, 2.75) is 0 Å². The fourth-order valence-electron chi connectivity index (χ4n) is 0.252. The Kier molecular flexibility index (Phi) is 3.46. The second-order valence-electron chi connectivity index (χ2n) is 0.943. The molecule has 0 saturated carbocycles. The van der Waals surface area contributed by atoms with E-state index in [0.29, 0.717) is 0 Å². The molecule has 7 heavy (non-hydrogen) atoms. The molecule has 0 aliphatic heterocycles. The van der Waals surface area contributed by atoms with Crippen molar-refractivity contribution in [1.82, 2.24) is 8.96 Å². The monoisotopic (exact) mass is 207 g/mol. The Balaban J connectivity index is 0.000000360. The van der Waals surface area contributed by atoms with Gasteiger partial charge in [-0.25, -0.2) is 4.98 Å². The average Bonchev–Trinajstić information content (AvgIpc) is 1.86. The summed E-state index contributed by atoms with van der Waals surface area (Å²) < 4.78 is 1.58. The van der Waals surface area contributed by atoms with E-state index in [0.717, 1.165) is 0 Å². The first kappa shape index (κ1) is 7.30. The molecule has 0 fully saturated rings. The van der Waals surface area contributed by atoms with Crippen LogP contribution < -0.4 is 0 Å². The van der Waals surface area contributed by atoms with E-state index in [-0.39, 0.29) is 22.4 Å². The summed E-state index contributed by atoms with van der Waals surface area (Å²) in [6.45, 7) is 0. The molecule has 1 heterocycles. The summed E-state index contributed by atoms with van der Waals surface area (Å²) in [7, 11) is 0. The van der Waals surface area contributed by atoms with Gasteiger partial charge in [0.2, 0.25) is 0 Å². The van der Waals surface area contributed by atoms with E-state index in [9.17, 15) is 0 Å². The van der Waals surface area contributed by atoms with Crippen LogP contribution in [0.15, 0.2) is 18.7 Å². The number of nitrogens with zero attached hydrogens (tertiary/aromatic N) is 2. The summed E-state index contributed by atoms with van der Waals surface area (Å²) in [6.07, 6.45) is 5.04. The third kappa shape index (κ3) is 2.19. The molecule has 1 aromatic rings. The van der Waals surface area contributed by atoms with Gasteiger partial charge in [0.25, 0.3) is 0 Å². The summed E-state index contributed by atoms with van der Waals surface area (Å²) in [4.78, 5) is 3.71. The van der Waals surface area contributed by atoms with Gasteiger partial charge in [-0.05, 0) is 0 Å². The van der Waals surface area contributed by atoms with Crippen LogP contribution in [0, 0.1) is 0 Å². The second-order valence-corrected chi connectivity index (χ2v) is 1.40. The first-order valence-corrected chi connectivity index (χ1v) is 1.97. The molecule has 0 aliphatic carbocycles. The van der Waals surface area contributed by atoms with Gasteiger partial charge in [-0.15, -0.1) is 0 Å². The first-order valence-electron chi connectivity index (χ1n) is 1.57. The molecule has 0 amide bonds. The molecule has 0 aliphatic rings. The summed E-state index contributed by atoms with van der Waals surface area (Å²) in [5, 5.41) is 0. The zero-order valence-corrected chi connectivity index (χ0v) is 5.75. The van der Waals surface area contributed by atoms with E-state index in [1.54, 1.807) is 22.7 Å². The maximum atomic E-state index is 3.89. The third-order valence-corrected chi connectivity index (χ3v) is 0.727. The minimum atomic E-state index is 0. The molecular weight excluding hydrogens is 204 g/mol. The van der Waals surface area contributed by atoms with Crippen molar-refractivity contribution in [3.63, 3.8) is 0 Å². The van der Waals surface area contributed by atoms with Crippen molar-refractivity contribution in [2.75, 3.05) is 0 Å². The molecule has 0 spiro atoms. The zero-order valence-electron chi connectivity index (χ0n) is 3.38. The SMILES string of the molecule is Sn1ccnc1.[Ag+]. The fraction of sp³-hybridized carbons (Fsp3) is 0. The maximum absolute atomic E-state index is 3.89. The average molecular weight is 208 g/mol. The van der Waals surface area contributed by atoms with Crippen LogP contribution in [0.25, 0.3) is 0 Å². The standard InChI is InChI=1S/C3H4N2S.Ag/c6-5-2-1-4-3-5;/h1-3,6H;/q;+1. The van der Waals surface area contributed by atoms with Crippen LogP contribution in [-0.4, -0.2) is 8.96 Å². The minimum Gasteiger partial charge on any atom is -0.283 e. The molecule has 0 radical (unpaired) electrons. The molecule has 42 valence electrons. The summed E-state index contributed by atoms with van der Waals surface area (Å²) in [6, 6.07) is 0. The molecule has 2 nitrogen and oxygen atoms in total. The van der Waals surface area contributed by atoms with Crippen LogP contribution in [-0.2, 0) is 22.4 Å². The quantitative estimate of drug-likeness (QED) is 0.487. The molecule has 4 heteroatoms. The summed E-state index contributed by atoms with van der Waals surface area (Å²) in [5.41, 5.74) is 0. The molecule has 1 aromatic heterocycles. The minimum absolute atomic E-state index is 0. The molecule has 0 atom stereocenters. The van der Waals surface area contributed by atoms with Crippen molar-refractivity contribution in [2.24, 2.45) is 0 Å². The van der Waals surface area contributed by atoms with Crippen molar-refractivity contribution >= 4 is 12.8 Å². The van der Waals surface area contributed by atoms with Crippen LogP contribution in [0.3, 0.4) is 0 Å². The number of thiol groups is 1. The molecule has 0 saturated heterocycles. The second kappa shape index (κ2) is 3.32. The van der Waals surface area contributed by atoms with Gasteiger partial charge in [0.1, 0.15) is 6.33 Å². The van der Waals surface area contributed by atoms with Crippen LogP contribution in [0.1, 0.15) is 0 Å². The number of rotatable bonds is 0. The van der Waals surface area contributed by atoms with E-state index in [4.69, 9.17) is 0 Å². The third-order valence-electron chi connectivity index (χ3n) is 0.490. The van der Waals surface area contributed by atoms with E-state index < -0.39 is 0 Å². The Hall–Kier alpha value is 0.300. The van der Waals surface area contributed by atoms with Gasteiger partial charge in [-0.1, -0.05) is 12.8 Å². The van der Waals surface area contributed by atoms with Gasteiger partial charge < -0.3 is 0 Å². The van der Waals surface area contributed by atoms with E-state index >= 15 is 0 Å². The zero-order chi connectivity index (χ0) is 4.41. The van der Waals surface area contributed by atoms with Crippen molar-refractivity contribution in [3.8, 4) is 0 Å². The predicted octanol–water partition coefficient (Wildman–Crippen LogP) is 0.573. The number of hydrogen-bond donors (Lipinski definition) is 1. The van der Waals surface area contributed by atoms with Crippen LogP contribution in [0.2, 0.25) is 0 Å². The Morgan fingerprint density at radius 1 is 1.57 bits per heavy atom. The molecule has 0 N–H and O–H groups in total. The fourth-order valence-corrected chi connectivity index (χ4v) is 0.371. The van der Waals surface area contributed by atoms with E-state index in [2.05, 4.69) is 17.8 Å². The summed E-state index contributed by atoms with van der Waals surface area (Å²) in [5.74, 6) is 0. The van der Waals surface area contributed by atoms with Gasteiger partial charge in [0.15, 0.2) is 0 Å². The van der Waals surface area contributed by atoms with Gasteiger partial charge >= 0.3 is 22.4 Å². The van der Waals surface area contributed by atoms with Gasteiger partial charge in [-0.3, -0.25) is 3.97 Å². The normalized spacial score (nSPS) is 7.57. The molecular formula is C3H4AgN2S+. The van der Waals surface area contributed by atoms with Crippen LogP contribution >= 0.6 is 12.8 Å². The Labute approximate surface area is 63.0 Å². The van der Waals surface area contributed by atoms with Gasteiger partial charge in [0, 0.05) is 12.4 Å². The number of hydrogen-bond acceptors (Lipinski definition) is 2. The number of aromatic nitrogens is 2. The first-order chi connectivity index (χ1) is 2.89. The summed E-state index contributed by atoms with van der Waals surface area (Å²) >= 11 is 3.89. The Morgan fingerprint density at radius 3 is 2.43 bits per heavy atom. The van der Waals surface area contributed by atoms with Crippen molar-refractivity contribution in [1.29, 1.82) is 0 Å².